The number of aliphatic hydroxyl groups is 3. The van der Waals surface area contributed by atoms with Gasteiger partial charge in [0.1, 0.15) is 12.5 Å². The van der Waals surface area contributed by atoms with E-state index < -0.39 is 17.3 Å². The lowest BCUT2D eigenvalue weighted by molar-refractivity contribution is -0.195. The smallest absolute Gasteiger partial charge is 0.200 e. The molecule has 0 spiro atoms. The van der Waals surface area contributed by atoms with Crippen molar-refractivity contribution in [1.82, 2.24) is 0 Å². The summed E-state index contributed by atoms with van der Waals surface area (Å²) in [6.07, 6.45) is 12.4. The summed E-state index contributed by atoms with van der Waals surface area (Å²) in [5.41, 5.74) is 0. The zero-order valence-electron chi connectivity index (χ0n) is 8.85. The molecule has 0 aromatic heterocycles. The van der Waals surface area contributed by atoms with Gasteiger partial charge in [-0.1, -0.05) is 18.2 Å². The Morgan fingerprint density at radius 3 is 2.18 bits per heavy atom. The molecule has 5 nitrogen and oxygen atoms in total. The predicted molar refractivity (Wildman–Crippen MR) is 61.7 cm³/mol. The van der Waals surface area contributed by atoms with Crippen LogP contribution in [-0.4, -0.2) is 15.3 Å². The van der Waals surface area contributed by atoms with Crippen molar-refractivity contribution < 1.29 is 25.1 Å². The largest absolute Gasteiger partial charge is 0.504 e. The molecule has 0 saturated carbocycles. The summed E-state index contributed by atoms with van der Waals surface area (Å²) in [6, 6.07) is 0. The maximum atomic E-state index is 9.37. The first-order chi connectivity index (χ1) is 8.22. The molecule has 1 aliphatic rings. The molecule has 0 aromatic carbocycles. The molecule has 1 heterocycles. The minimum Gasteiger partial charge on any atom is -0.504 e. The van der Waals surface area contributed by atoms with Crippen LogP contribution in [0.1, 0.15) is 0 Å². The topological polar surface area (TPSA) is 79.2 Å². The van der Waals surface area contributed by atoms with Crippen LogP contribution in [0.4, 0.5) is 0 Å². The second-order valence-electron chi connectivity index (χ2n) is 2.88. The molecule has 0 bridgehead atoms. The van der Waals surface area contributed by atoms with Crippen molar-refractivity contribution in [2.45, 2.75) is 0 Å². The Balaban J connectivity index is 2.96. The standard InChI is InChI=1S/C12H12O5/c13-10-6-3-1-2-4-8-16-17-9-5-7-11(14)12(10)15/h1-9,13-15H/b2-1+,6-3-,8-4-,9-5-,11-7?,12-10?. The number of hydrogen-bond acceptors (Lipinski definition) is 5. The molecule has 0 saturated heterocycles. The molecule has 5 heteroatoms. The summed E-state index contributed by atoms with van der Waals surface area (Å²) in [5.74, 6) is -1.58. The Bertz CT molecular complexity index is 424. The van der Waals surface area contributed by atoms with Gasteiger partial charge in [0.25, 0.3) is 0 Å². The number of rotatable bonds is 0. The summed E-state index contributed by atoms with van der Waals surface area (Å²) < 4.78 is 0. The van der Waals surface area contributed by atoms with E-state index in [1.54, 1.807) is 18.2 Å². The van der Waals surface area contributed by atoms with Crippen molar-refractivity contribution in [2.24, 2.45) is 0 Å². The van der Waals surface area contributed by atoms with E-state index in [2.05, 4.69) is 9.78 Å². The Labute approximate surface area is 98.1 Å². The Kier molecular flexibility index (Phi) is 5.03. The Morgan fingerprint density at radius 2 is 1.41 bits per heavy atom. The lowest BCUT2D eigenvalue weighted by Crippen LogP contribution is -1.92. The normalized spacial score (nSPS) is 24.6. The van der Waals surface area contributed by atoms with Gasteiger partial charge in [0.2, 0.25) is 0 Å². The monoisotopic (exact) mass is 236 g/mol. The minimum absolute atomic E-state index is 0.449. The molecule has 1 aliphatic heterocycles. The van der Waals surface area contributed by atoms with Gasteiger partial charge >= 0.3 is 0 Å². The molecule has 17 heavy (non-hydrogen) atoms. The van der Waals surface area contributed by atoms with Crippen LogP contribution in [0, 0.1) is 0 Å². The van der Waals surface area contributed by atoms with Crippen LogP contribution in [0.15, 0.2) is 72.3 Å². The van der Waals surface area contributed by atoms with Crippen molar-refractivity contribution in [1.29, 1.82) is 0 Å². The molecule has 0 radical (unpaired) electrons. The SMILES string of the molecule is OC1=C/C=C\OO\C=C/C=C/C=C\C(O)=C1O. The maximum absolute atomic E-state index is 9.37. The fraction of sp³-hybridized carbons (Fsp3) is 0. The van der Waals surface area contributed by atoms with Crippen molar-refractivity contribution in [3.05, 3.63) is 72.3 Å². The molecule has 0 aromatic rings. The maximum Gasteiger partial charge on any atom is 0.200 e. The number of aliphatic hydroxyl groups excluding tert-OH is 3. The second-order valence-corrected chi connectivity index (χ2v) is 2.88. The molecule has 0 aliphatic carbocycles. The highest BCUT2D eigenvalue weighted by Crippen LogP contribution is 2.09. The lowest BCUT2D eigenvalue weighted by atomic mass is 10.3. The molecule has 0 fully saturated rings. The molecule has 90 valence electrons. The third kappa shape index (κ3) is 4.65. The summed E-state index contributed by atoms with van der Waals surface area (Å²) in [4.78, 5) is 9.14. The fourth-order valence-corrected chi connectivity index (χ4v) is 0.868. The van der Waals surface area contributed by atoms with E-state index in [1.165, 1.54) is 24.5 Å². The van der Waals surface area contributed by atoms with E-state index in [9.17, 15) is 15.3 Å². The van der Waals surface area contributed by atoms with Gasteiger partial charge in [-0.25, -0.2) is 0 Å². The van der Waals surface area contributed by atoms with Gasteiger partial charge in [-0.05, 0) is 24.3 Å². The van der Waals surface area contributed by atoms with Crippen molar-refractivity contribution in [3.63, 3.8) is 0 Å². The van der Waals surface area contributed by atoms with E-state index in [-0.39, 0.29) is 0 Å². The van der Waals surface area contributed by atoms with E-state index in [1.807, 2.05) is 0 Å². The van der Waals surface area contributed by atoms with Crippen LogP contribution in [0.25, 0.3) is 0 Å². The van der Waals surface area contributed by atoms with Gasteiger partial charge < -0.3 is 15.3 Å². The van der Waals surface area contributed by atoms with Gasteiger partial charge in [-0.3, -0.25) is 9.78 Å². The predicted octanol–water partition coefficient (Wildman–Crippen LogP) is 2.86. The highest BCUT2D eigenvalue weighted by atomic mass is 17.2. The third-order valence-corrected chi connectivity index (χ3v) is 1.65. The van der Waals surface area contributed by atoms with Crippen molar-refractivity contribution >= 4 is 0 Å². The molecule has 0 unspecified atom stereocenters. The first-order valence-corrected chi connectivity index (χ1v) is 4.72. The molecule has 0 amide bonds. The zero-order chi connectivity index (χ0) is 12.5. The zero-order valence-corrected chi connectivity index (χ0v) is 8.85. The first kappa shape index (κ1) is 12.5. The number of allylic oxidation sites excluding steroid dienone is 7. The average Bonchev–Trinajstić information content (AvgIpc) is 2.33. The fourth-order valence-electron chi connectivity index (χ4n) is 0.868. The average molecular weight is 236 g/mol. The minimum atomic E-state index is -0.632. The third-order valence-electron chi connectivity index (χ3n) is 1.65. The van der Waals surface area contributed by atoms with Crippen LogP contribution in [0.2, 0.25) is 0 Å². The quantitative estimate of drug-likeness (QED) is 0.563. The summed E-state index contributed by atoms with van der Waals surface area (Å²) >= 11 is 0. The highest BCUT2D eigenvalue weighted by molar-refractivity contribution is 5.30. The molecular formula is C12H12O5. The van der Waals surface area contributed by atoms with Crippen LogP contribution >= 0.6 is 0 Å². The van der Waals surface area contributed by atoms with Crippen LogP contribution < -0.4 is 0 Å². The molecule has 1 rings (SSSR count). The Hall–Kier alpha value is -2.56. The molecule has 3 N–H and O–H groups in total. The van der Waals surface area contributed by atoms with Gasteiger partial charge in [0, 0.05) is 0 Å². The van der Waals surface area contributed by atoms with E-state index >= 15 is 0 Å². The summed E-state index contributed by atoms with van der Waals surface area (Å²) in [5, 5.41) is 28.1. The van der Waals surface area contributed by atoms with E-state index in [0.717, 1.165) is 12.3 Å². The van der Waals surface area contributed by atoms with E-state index in [0.29, 0.717) is 0 Å². The van der Waals surface area contributed by atoms with Crippen molar-refractivity contribution in [3.8, 4) is 0 Å². The van der Waals surface area contributed by atoms with Gasteiger partial charge in [-0.15, -0.1) is 0 Å². The molecule has 0 atom stereocenters. The first-order valence-electron chi connectivity index (χ1n) is 4.72. The van der Waals surface area contributed by atoms with Gasteiger partial charge in [-0.2, -0.15) is 0 Å². The van der Waals surface area contributed by atoms with Crippen molar-refractivity contribution in [2.75, 3.05) is 0 Å². The summed E-state index contributed by atoms with van der Waals surface area (Å²) in [7, 11) is 0. The van der Waals surface area contributed by atoms with Crippen LogP contribution in [0.3, 0.4) is 0 Å². The van der Waals surface area contributed by atoms with Gasteiger partial charge in [0.15, 0.2) is 17.3 Å². The van der Waals surface area contributed by atoms with Crippen LogP contribution in [0.5, 0.6) is 0 Å². The number of hydrogen-bond donors (Lipinski definition) is 3. The van der Waals surface area contributed by atoms with E-state index in [4.69, 9.17) is 0 Å². The second kappa shape index (κ2) is 6.84. The molecular weight excluding hydrogens is 224 g/mol. The lowest BCUT2D eigenvalue weighted by Gasteiger charge is -1.99. The highest BCUT2D eigenvalue weighted by Gasteiger charge is 2.04. The Morgan fingerprint density at radius 1 is 0.765 bits per heavy atom. The van der Waals surface area contributed by atoms with Crippen LogP contribution in [-0.2, 0) is 9.78 Å². The summed E-state index contributed by atoms with van der Waals surface area (Å²) in [6.45, 7) is 0. The van der Waals surface area contributed by atoms with Gasteiger partial charge in [0.05, 0.1) is 0 Å².